The van der Waals surface area contributed by atoms with E-state index in [2.05, 4.69) is 74.7 Å². The summed E-state index contributed by atoms with van der Waals surface area (Å²) in [4.78, 5) is 12.1. The van der Waals surface area contributed by atoms with Gasteiger partial charge < -0.3 is 15.4 Å². The molecule has 0 bridgehead atoms. The lowest BCUT2D eigenvalue weighted by molar-refractivity contribution is 0.236. The molecule has 0 saturated heterocycles. The van der Waals surface area contributed by atoms with E-state index in [9.17, 15) is 4.79 Å². The third-order valence-electron chi connectivity index (χ3n) is 4.83. The lowest BCUT2D eigenvalue weighted by Gasteiger charge is -2.19. The van der Waals surface area contributed by atoms with Gasteiger partial charge in [0.2, 0.25) is 0 Å². The maximum atomic E-state index is 12.1. The Morgan fingerprint density at radius 3 is 2.25 bits per heavy atom. The van der Waals surface area contributed by atoms with E-state index >= 15 is 0 Å². The van der Waals surface area contributed by atoms with Crippen LogP contribution >= 0.6 is 0 Å². The smallest absolute Gasteiger partial charge is 0.315 e. The van der Waals surface area contributed by atoms with Gasteiger partial charge in [-0.15, -0.1) is 0 Å². The highest BCUT2D eigenvalue weighted by molar-refractivity contribution is 5.74. The van der Waals surface area contributed by atoms with E-state index < -0.39 is 0 Å². The van der Waals surface area contributed by atoms with Crippen LogP contribution in [0, 0.1) is 0 Å². The molecular formula is C24H34N2O2. The molecule has 2 rings (SSSR count). The number of ether oxygens (including phenoxy) is 1. The molecule has 2 amide bonds. The van der Waals surface area contributed by atoms with Crippen molar-refractivity contribution < 1.29 is 9.53 Å². The second-order valence-corrected chi connectivity index (χ2v) is 8.19. The predicted molar refractivity (Wildman–Crippen MR) is 116 cm³/mol. The molecule has 2 aromatic carbocycles. The summed E-state index contributed by atoms with van der Waals surface area (Å²) in [5.41, 5.74) is 3.84. The molecule has 0 heterocycles. The van der Waals surface area contributed by atoms with Crippen molar-refractivity contribution in [2.24, 2.45) is 0 Å². The topological polar surface area (TPSA) is 50.4 Å². The van der Waals surface area contributed by atoms with Crippen molar-refractivity contribution in [2.75, 3.05) is 13.2 Å². The lowest BCUT2D eigenvalue weighted by atomic mass is 9.87. The van der Waals surface area contributed by atoms with Gasteiger partial charge >= 0.3 is 6.03 Å². The average molecular weight is 383 g/mol. The Labute approximate surface area is 169 Å². The monoisotopic (exact) mass is 382 g/mol. The largest absolute Gasteiger partial charge is 0.494 e. The fourth-order valence-electron chi connectivity index (χ4n) is 2.89. The summed E-state index contributed by atoms with van der Waals surface area (Å²) in [6, 6.07) is 16.4. The predicted octanol–water partition coefficient (Wildman–Crippen LogP) is 5.38. The lowest BCUT2D eigenvalue weighted by Crippen LogP contribution is -2.37. The zero-order chi connectivity index (χ0) is 20.6. The first-order valence-corrected chi connectivity index (χ1v) is 10.2. The summed E-state index contributed by atoms with van der Waals surface area (Å²) >= 11 is 0. The van der Waals surface area contributed by atoms with E-state index in [4.69, 9.17) is 4.74 Å². The molecule has 28 heavy (non-hydrogen) atoms. The second-order valence-electron chi connectivity index (χ2n) is 8.19. The molecule has 4 nitrogen and oxygen atoms in total. The summed E-state index contributed by atoms with van der Waals surface area (Å²) in [5, 5.41) is 5.86. The minimum absolute atomic E-state index is 0.0245. The zero-order valence-corrected chi connectivity index (χ0v) is 17.8. The van der Waals surface area contributed by atoms with Gasteiger partial charge in [-0.2, -0.15) is 0 Å². The van der Waals surface area contributed by atoms with Gasteiger partial charge in [-0.05, 0) is 54.0 Å². The van der Waals surface area contributed by atoms with Gasteiger partial charge in [-0.25, -0.2) is 4.79 Å². The minimum atomic E-state index is -0.151. The van der Waals surface area contributed by atoms with Crippen LogP contribution in [0.1, 0.15) is 63.8 Å². The number of urea groups is 1. The van der Waals surface area contributed by atoms with E-state index in [0.29, 0.717) is 13.2 Å². The first-order valence-electron chi connectivity index (χ1n) is 10.2. The Morgan fingerprint density at radius 1 is 1.04 bits per heavy atom. The standard InChI is InChI=1S/C24H34N2O2/c1-6-19-8-10-20(11-9-19)18(2)26-23(27)25-16-7-17-28-22-14-12-21(13-15-22)24(3,4)5/h8-15,18H,6-7,16-17H2,1-5H3,(H2,25,26,27). The first-order chi connectivity index (χ1) is 13.3. The van der Waals surface area contributed by atoms with Crippen molar-refractivity contribution >= 4 is 6.03 Å². The van der Waals surface area contributed by atoms with Crippen molar-refractivity contribution in [1.82, 2.24) is 10.6 Å². The number of nitrogens with one attached hydrogen (secondary N) is 2. The van der Waals surface area contributed by atoms with Crippen molar-refractivity contribution in [3.05, 3.63) is 65.2 Å². The van der Waals surface area contributed by atoms with Crippen LogP contribution in [0.15, 0.2) is 48.5 Å². The third kappa shape index (κ3) is 6.91. The van der Waals surface area contributed by atoms with Gasteiger partial charge in [0.15, 0.2) is 0 Å². The molecule has 152 valence electrons. The molecule has 2 N–H and O–H groups in total. The summed E-state index contributed by atoms with van der Waals surface area (Å²) < 4.78 is 5.76. The number of carbonyl (C=O) groups excluding carboxylic acids is 1. The molecule has 0 fully saturated rings. The Kier molecular flexibility index (Phi) is 7.91. The first kappa shape index (κ1) is 21.8. The average Bonchev–Trinajstić information content (AvgIpc) is 2.67. The second kappa shape index (κ2) is 10.2. The van der Waals surface area contributed by atoms with E-state index in [1.54, 1.807) is 0 Å². The number of hydrogen-bond donors (Lipinski definition) is 2. The quantitative estimate of drug-likeness (QED) is 0.603. The summed E-state index contributed by atoms with van der Waals surface area (Å²) in [7, 11) is 0. The van der Waals surface area contributed by atoms with Crippen LogP contribution in [0.25, 0.3) is 0 Å². The Balaban J connectivity index is 1.65. The van der Waals surface area contributed by atoms with Crippen molar-refractivity contribution in [2.45, 2.75) is 58.9 Å². The van der Waals surface area contributed by atoms with Crippen molar-refractivity contribution in [3.63, 3.8) is 0 Å². The van der Waals surface area contributed by atoms with E-state index in [1.165, 1.54) is 11.1 Å². The molecule has 2 aromatic rings. The molecule has 0 spiro atoms. The van der Waals surface area contributed by atoms with Crippen LogP contribution in [0.3, 0.4) is 0 Å². The molecule has 1 atom stereocenters. The number of hydrogen-bond acceptors (Lipinski definition) is 2. The fraction of sp³-hybridized carbons (Fsp3) is 0.458. The minimum Gasteiger partial charge on any atom is -0.494 e. The van der Waals surface area contributed by atoms with Crippen LogP contribution in [0.5, 0.6) is 5.75 Å². The van der Waals surface area contributed by atoms with Gasteiger partial charge in [-0.1, -0.05) is 64.1 Å². The van der Waals surface area contributed by atoms with Crippen LogP contribution < -0.4 is 15.4 Å². The highest BCUT2D eigenvalue weighted by Gasteiger charge is 2.13. The molecule has 1 unspecified atom stereocenters. The Morgan fingerprint density at radius 2 is 1.68 bits per heavy atom. The summed E-state index contributed by atoms with van der Waals surface area (Å²) in [5.74, 6) is 0.863. The molecule has 0 aromatic heterocycles. The molecule has 4 heteroatoms. The zero-order valence-electron chi connectivity index (χ0n) is 17.8. The number of amides is 2. The van der Waals surface area contributed by atoms with Crippen LogP contribution in [-0.4, -0.2) is 19.2 Å². The van der Waals surface area contributed by atoms with Gasteiger partial charge in [0, 0.05) is 6.54 Å². The van der Waals surface area contributed by atoms with E-state index in [1.807, 2.05) is 19.1 Å². The van der Waals surface area contributed by atoms with Crippen molar-refractivity contribution in [1.29, 1.82) is 0 Å². The fourth-order valence-corrected chi connectivity index (χ4v) is 2.89. The third-order valence-corrected chi connectivity index (χ3v) is 4.83. The normalized spacial score (nSPS) is 12.3. The molecule has 0 aliphatic heterocycles. The van der Waals surface area contributed by atoms with E-state index in [0.717, 1.165) is 24.2 Å². The van der Waals surface area contributed by atoms with Crippen LogP contribution in [0.2, 0.25) is 0 Å². The van der Waals surface area contributed by atoms with Gasteiger partial charge in [0.1, 0.15) is 5.75 Å². The molecule has 0 aliphatic carbocycles. The maximum Gasteiger partial charge on any atom is 0.315 e. The van der Waals surface area contributed by atoms with Crippen LogP contribution in [-0.2, 0) is 11.8 Å². The molecule has 0 radical (unpaired) electrons. The number of rotatable bonds is 8. The van der Waals surface area contributed by atoms with Gasteiger partial charge in [0.05, 0.1) is 12.6 Å². The molecule has 0 aliphatic rings. The maximum absolute atomic E-state index is 12.1. The van der Waals surface area contributed by atoms with Crippen LogP contribution in [0.4, 0.5) is 4.79 Å². The number of benzene rings is 2. The number of carbonyl (C=O) groups is 1. The highest BCUT2D eigenvalue weighted by Crippen LogP contribution is 2.24. The highest BCUT2D eigenvalue weighted by atomic mass is 16.5. The van der Waals surface area contributed by atoms with Gasteiger partial charge in [-0.3, -0.25) is 0 Å². The Hall–Kier alpha value is -2.49. The Bertz CT molecular complexity index is 731. The summed E-state index contributed by atoms with van der Waals surface area (Å²) in [6.45, 7) is 11.9. The number of aryl methyl sites for hydroxylation is 1. The summed E-state index contributed by atoms with van der Waals surface area (Å²) in [6.07, 6.45) is 1.78. The van der Waals surface area contributed by atoms with Gasteiger partial charge in [0.25, 0.3) is 0 Å². The SMILES string of the molecule is CCc1ccc(C(C)NC(=O)NCCCOc2ccc(C(C)(C)C)cc2)cc1. The molecule has 0 saturated carbocycles. The van der Waals surface area contributed by atoms with E-state index in [-0.39, 0.29) is 17.5 Å². The van der Waals surface area contributed by atoms with Crippen molar-refractivity contribution in [3.8, 4) is 5.75 Å². The molecular weight excluding hydrogens is 348 g/mol.